The van der Waals surface area contributed by atoms with Crippen molar-refractivity contribution in [3.63, 3.8) is 0 Å². The number of carbonyl (C=O) groups excluding carboxylic acids is 1. The average molecular weight is 572 g/mol. The van der Waals surface area contributed by atoms with Gasteiger partial charge in [-0.25, -0.2) is 18.4 Å². The first-order chi connectivity index (χ1) is 17.5. The topological polar surface area (TPSA) is 104 Å². The minimum Gasteiger partial charge on any atom is -0.337 e. The molecule has 0 saturated carbocycles. The van der Waals surface area contributed by atoms with Gasteiger partial charge in [-0.15, -0.1) is 11.3 Å². The minimum atomic E-state index is -4.82. The Morgan fingerprint density at radius 2 is 2.03 bits per heavy atom. The number of fused-ring (bicyclic) bond motifs is 2. The van der Waals surface area contributed by atoms with Crippen molar-refractivity contribution in [3.05, 3.63) is 51.0 Å². The third-order valence-corrected chi connectivity index (χ3v) is 9.56. The van der Waals surface area contributed by atoms with Crippen LogP contribution in [0.4, 0.5) is 24.8 Å². The van der Waals surface area contributed by atoms with E-state index in [-0.39, 0.29) is 39.4 Å². The van der Waals surface area contributed by atoms with Crippen LogP contribution in [0.15, 0.2) is 29.3 Å². The minimum absolute atomic E-state index is 0.0147. The molecular formula is C23H21ClF3N5O3S2. The van der Waals surface area contributed by atoms with Crippen LogP contribution in [0.5, 0.6) is 0 Å². The summed E-state index contributed by atoms with van der Waals surface area (Å²) in [5.41, 5.74) is 0.831. The molecule has 3 aromatic rings. The van der Waals surface area contributed by atoms with E-state index in [1.165, 1.54) is 4.90 Å². The standard InChI is InChI=1S/C23H21ClF3N5O3S2/c1-2-32-5-6-37(34,35)18-9-17(36-20(18)21(32)33)19-14(23(25,26)27)11-29-22(31-19)30-16-8-13-10-28-4-3-12(13)7-15(16)24/h7-9,11,28H,2-6,10H2,1H3,(H,29,30,31). The molecular weight excluding hydrogens is 551 g/mol. The zero-order chi connectivity index (χ0) is 26.5. The molecule has 0 bridgehead atoms. The maximum atomic E-state index is 13.9. The first-order valence-corrected chi connectivity index (χ1v) is 14.2. The Morgan fingerprint density at radius 1 is 1.24 bits per heavy atom. The largest absolute Gasteiger partial charge is 0.420 e. The molecule has 2 aliphatic rings. The van der Waals surface area contributed by atoms with Crippen LogP contribution in [0.1, 0.15) is 33.3 Å². The van der Waals surface area contributed by atoms with Crippen LogP contribution < -0.4 is 10.6 Å². The number of alkyl halides is 3. The molecule has 14 heteroatoms. The highest BCUT2D eigenvalue weighted by atomic mass is 35.5. The van der Waals surface area contributed by atoms with Gasteiger partial charge in [-0.05, 0) is 49.2 Å². The van der Waals surface area contributed by atoms with Crippen LogP contribution in [0.3, 0.4) is 0 Å². The maximum absolute atomic E-state index is 13.9. The van der Waals surface area contributed by atoms with E-state index in [1.54, 1.807) is 19.1 Å². The Labute approximate surface area is 219 Å². The Balaban J connectivity index is 1.60. The van der Waals surface area contributed by atoms with Crippen molar-refractivity contribution in [2.45, 2.75) is 31.0 Å². The zero-order valence-corrected chi connectivity index (χ0v) is 21.8. The lowest BCUT2D eigenvalue weighted by atomic mass is 10.0. The van der Waals surface area contributed by atoms with Gasteiger partial charge in [-0.3, -0.25) is 4.79 Å². The molecule has 37 heavy (non-hydrogen) atoms. The van der Waals surface area contributed by atoms with Crippen molar-refractivity contribution in [2.75, 3.05) is 30.7 Å². The van der Waals surface area contributed by atoms with Crippen molar-refractivity contribution < 1.29 is 26.4 Å². The van der Waals surface area contributed by atoms with Crippen molar-refractivity contribution in [1.29, 1.82) is 0 Å². The molecule has 0 aliphatic carbocycles. The lowest BCUT2D eigenvalue weighted by molar-refractivity contribution is -0.137. The van der Waals surface area contributed by atoms with Gasteiger partial charge in [-0.1, -0.05) is 11.6 Å². The van der Waals surface area contributed by atoms with Gasteiger partial charge in [0.25, 0.3) is 5.91 Å². The highest BCUT2D eigenvalue weighted by Gasteiger charge is 2.38. The smallest absolute Gasteiger partial charge is 0.337 e. The summed E-state index contributed by atoms with van der Waals surface area (Å²) in [6.07, 6.45) is -3.38. The number of benzene rings is 1. The summed E-state index contributed by atoms with van der Waals surface area (Å²) in [7, 11) is -3.88. The number of anilines is 2. The fourth-order valence-electron chi connectivity index (χ4n) is 4.31. The van der Waals surface area contributed by atoms with Gasteiger partial charge >= 0.3 is 6.18 Å². The highest BCUT2D eigenvalue weighted by Crippen LogP contribution is 2.42. The van der Waals surface area contributed by atoms with Gasteiger partial charge in [0.05, 0.1) is 31.9 Å². The summed E-state index contributed by atoms with van der Waals surface area (Å²) in [6.45, 7) is 3.43. The molecule has 0 saturated heterocycles. The number of sulfone groups is 1. The summed E-state index contributed by atoms with van der Waals surface area (Å²) in [5, 5.41) is 6.50. The molecule has 5 rings (SSSR count). The number of thiophene rings is 1. The van der Waals surface area contributed by atoms with Crippen LogP contribution in [0, 0.1) is 0 Å². The average Bonchev–Trinajstić information content (AvgIpc) is 3.27. The van der Waals surface area contributed by atoms with E-state index in [0.29, 0.717) is 34.8 Å². The predicted molar refractivity (Wildman–Crippen MR) is 134 cm³/mol. The number of nitrogens with one attached hydrogen (secondary N) is 2. The van der Waals surface area contributed by atoms with E-state index < -0.39 is 33.2 Å². The molecule has 0 radical (unpaired) electrons. The second-order valence-corrected chi connectivity index (χ2v) is 12.2. The molecule has 2 aromatic heterocycles. The lowest BCUT2D eigenvalue weighted by Crippen LogP contribution is -2.31. The van der Waals surface area contributed by atoms with E-state index in [2.05, 4.69) is 20.6 Å². The predicted octanol–water partition coefficient (Wildman–Crippen LogP) is 4.52. The maximum Gasteiger partial charge on any atom is 0.420 e. The molecule has 0 spiro atoms. The number of nitrogens with zero attached hydrogens (tertiary/aromatic N) is 3. The quantitative estimate of drug-likeness (QED) is 0.474. The van der Waals surface area contributed by atoms with Crippen molar-refractivity contribution in [1.82, 2.24) is 20.2 Å². The molecule has 196 valence electrons. The molecule has 0 atom stereocenters. The zero-order valence-electron chi connectivity index (χ0n) is 19.4. The molecule has 0 unspecified atom stereocenters. The van der Waals surface area contributed by atoms with Gasteiger partial charge in [0.1, 0.15) is 10.4 Å². The number of halogens is 4. The molecule has 2 aliphatic heterocycles. The Hall–Kier alpha value is -2.74. The van der Waals surface area contributed by atoms with Gasteiger partial charge in [-0.2, -0.15) is 13.2 Å². The van der Waals surface area contributed by atoms with Crippen LogP contribution in [-0.2, 0) is 29.0 Å². The molecule has 4 heterocycles. The van der Waals surface area contributed by atoms with Crippen molar-refractivity contribution >= 4 is 50.3 Å². The third-order valence-electron chi connectivity index (χ3n) is 6.28. The first kappa shape index (κ1) is 25.9. The van der Waals surface area contributed by atoms with Gasteiger partial charge in [0, 0.05) is 25.8 Å². The summed E-state index contributed by atoms with van der Waals surface area (Å²) in [4.78, 5) is 21.7. The van der Waals surface area contributed by atoms with Crippen LogP contribution >= 0.6 is 22.9 Å². The Bertz CT molecular complexity index is 1510. The number of rotatable bonds is 4. The molecule has 1 amide bonds. The summed E-state index contributed by atoms with van der Waals surface area (Å²) in [6, 6.07) is 4.70. The van der Waals surface area contributed by atoms with E-state index >= 15 is 0 Å². The Morgan fingerprint density at radius 3 is 2.76 bits per heavy atom. The number of hydrogen-bond acceptors (Lipinski definition) is 8. The molecule has 2 N–H and O–H groups in total. The van der Waals surface area contributed by atoms with Gasteiger partial charge < -0.3 is 15.5 Å². The van der Waals surface area contributed by atoms with Crippen LogP contribution in [0.25, 0.3) is 10.6 Å². The third kappa shape index (κ3) is 4.92. The fraction of sp³-hybridized carbons (Fsp3) is 0.348. The highest BCUT2D eigenvalue weighted by molar-refractivity contribution is 7.91. The van der Waals surface area contributed by atoms with E-state index in [1.807, 2.05) is 0 Å². The number of aromatic nitrogens is 2. The molecule has 8 nitrogen and oxygen atoms in total. The van der Waals surface area contributed by atoms with Gasteiger partial charge in [0.15, 0.2) is 9.84 Å². The van der Waals surface area contributed by atoms with Crippen LogP contribution in [0.2, 0.25) is 5.02 Å². The fourth-order valence-corrected chi connectivity index (χ4v) is 7.50. The van der Waals surface area contributed by atoms with Gasteiger partial charge in [0.2, 0.25) is 5.95 Å². The van der Waals surface area contributed by atoms with Crippen molar-refractivity contribution in [3.8, 4) is 10.6 Å². The number of hydrogen-bond donors (Lipinski definition) is 2. The normalized spacial score (nSPS) is 17.2. The number of carbonyl (C=O) groups is 1. The molecule has 0 fully saturated rings. The lowest BCUT2D eigenvalue weighted by Gasteiger charge is -2.19. The van der Waals surface area contributed by atoms with E-state index in [9.17, 15) is 26.4 Å². The first-order valence-electron chi connectivity index (χ1n) is 11.4. The Kier molecular flexibility index (Phi) is 6.67. The molecule has 1 aromatic carbocycles. The summed E-state index contributed by atoms with van der Waals surface area (Å²) >= 11 is 7.08. The summed E-state index contributed by atoms with van der Waals surface area (Å²) in [5.74, 6) is -1.00. The van der Waals surface area contributed by atoms with E-state index in [0.717, 1.165) is 30.2 Å². The second-order valence-electron chi connectivity index (χ2n) is 8.61. The SMILES string of the molecule is CCN1CCS(=O)(=O)c2cc(-c3nc(Nc4cc5c(cc4Cl)CCNC5)ncc3C(F)(F)F)sc2C1=O. The monoisotopic (exact) mass is 571 g/mol. The summed E-state index contributed by atoms with van der Waals surface area (Å²) < 4.78 is 67.4. The van der Waals surface area contributed by atoms with Crippen LogP contribution in [-0.4, -0.2) is 54.6 Å². The number of amides is 1. The second kappa shape index (κ2) is 9.53. The van der Waals surface area contributed by atoms with E-state index in [4.69, 9.17) is 11.6 Å². The van der Waals surface area contributed by atoms with Crippen molar-refractivity contribution in [2.24, 2.45) is 0 Å².